The molecule has 2 aliphatic heterocycles. The second kappa shape index (κ2) is 6.14. The molecule has 27 heavy (non-hydrogen) atoms. The second-order valence-electron chi connectivity index (χ2n) is 7.33. The lowest BCUT2D eigenvalue weighted by atomic mass is 9.82. The van der Waals surface area contributed by atoms with E-state index in [1.54, 1.807) is 34.6 Å². The van der Waals surface area contributed by atoms with Crippen LogP contribution in [0.2, 0.25) is 0 Å². The van der Waals surface area contributed by atoms with Crippen LogP contribution in [0.1, 0.15) is 39.3 Å². The van der Waals surface area contributed by atoms with Crippen LogP contribution in [0.5, 0.6) is 0 Å². The molecular formula is C20H20FN3O2S. The van der Waals surface area contributed by atoms with Gasteiger partial charge in [-0.25, -0.2) is 4.98 Å². The van der Waals surface area contributed by atoms with E-state index in [2.05, 4.69) is 16.4 Å². The molecule has 0 atom stereocenters. The Kier molecular flexibility index (Phi) is 3.84. The number of carbonyl (C=O) groups excluding carboxylic acids is 1. The highest BCUT2D eigenvalue weighted by Crippen LogP contribution is 2.43. The average Bonchev–Trinajstić information content (AvgIpc) is 3.28. The van der Waals surface area contributed by atoms with Crippen molar-refractivity contribution in [2.75, 3.05) is 19.7 Å². The number of rotatable bonds is 1. The molecule has 3 aromatic rings. The van der Waals surface area contributed by atoms with Crippen molar-refractivity contribution in [2.45, 2.75) is 31.8 Å². The molecule has 1 spiro atoms. The minimum Gasteiger partial charge on any atom is -0.370 e. The third-order valence-corrected chi connectivity index (χ3v) is 6.71. The molecule has 5 rings (SSSR count). The molecule has 0 aromatic carbocycles. The van der Waals surface area contributed by atoms with Gasteiger partial charge in [0.1, 0.15) is 5.65 Å². The molecular weight excluding hydrogens is 365 g/mol. The first-order chi connectivity index (χ1) is 13.1. The zero-order valence-corrected chi connectivity index (χ0v) is 15.9. The highest BCUT2D eigenvalue weighted by atomic mass is 32.1. The minimum atomic E-state index is -0.593. The Morgan fingerprint density at radius 1 is 1.33 bits per heavy atom. The van der Waals surface area contributed by atoms with Crippen LogP contribution in [0.25, 0.3) is 5.65 Å². The second-order valence-corrected chi connectivity index (χ2v) is 8.33. The number of pyridine rings is 1. The van der Waals surface area contributed by atoms with Crippen LogP contribution in [0, 0.1) is 12.9 Å². The van der Waals surface area contributed by atoms with Crippen LogP contribution in [0.15, 0.2) is 29.8 Å². The smallest absolute Gasteiger partial charge is 0.277 e. The molecule has 0 unspecified atom stereocenters. The summed E-state index contributed by atoms with van der Waals surface area (Å²) < 4.78 is 22.2. The molecule has 7 heteroatoms. The zero-order chi connectivity index (χ0) is 18.6. The number of likely N-dealkylation sites (tertiary alicyclic amines) is 1. The van der Waals surface area contributed by atoms with Gasteiger partial charge < -0.3 is 9.64 Å². The largest absolute Gasteiger partial charge is 0.370 e. The van der Waals surface area contributed by atoms with Crippen molar-refractivity contribution in [3.8, 4) is 0 Å². The molecule has 0 radical (unpaired) electrons. The highest BCUT2D eigenvalue weighted by molar-refractivity contribution is 7.10. The lowest BCUT2D eigenvalue weighted by Gasteiger charge is -2.43. The summed E-state index contributed by atoms with van der Waals surface area (Å²) in [7, 11) is 0. The average molecular weight is 385 g/mol. The van der Waals surface area contributed by atoms with Crippen molar-refractivity contribution in [2.24, 2.45) is 0 Å². The van der Waals surface area contributed by atoms with Crippen LogP contribution >= 0.6 is 11.3 Å². The molecule has 1 fully saturated rings. The normalized spacial score (nSPS) is 18.8. The number of imidazole rings is 1. The monoisotopic (exact) mass is 385 g/mol. The number of piperidine rings is 1. The molecule has 1 amide bonds. The van der Waals surface area contributed by atoms with Crippen LogP contribution in [-0.4, -0.2) is 39.9 Å². The number of aryl methyl sites for hydroxylation is 1. The predicted molar refractivity (Wildman–Crippen MR) is 101 cm³/mol. The molecule has 140 valence electrons. The van der Waals surface area contributed by atoms with Crippen LogP contribution in [0.4, 0.5) is 4.39 Å². The summed E-state index contributed by atoms with van der Waals surface area (Å²) in [4.78, 5) is 20.3. The van der Waals surface area contributed by atoms with Crippen molar-refractivity contribution >= 4 is 22.9 Å². The Balaban J connectivity index is 1.39. The Hall–Kier alpha value is -2.25. The number of aromatic nitrogens is 2. The fraction of sp³-hybridized carbons (Fsp3) is 0.400. The summed E-state index contributed by atoms with van der Waals surface area (Å²) in [6.45, 7) is 3.73. The molecule has 0 aliphatic carbocycles. The van der Waals surface area contributed by atoms with Crippen LogP contribution in [-0.2, 0) is 16.8 Å². The van der Waals surface area contributed by atoms with Crippen LogP contribution < -0.4 is 0 Å². The van der Waals surface area contributed by atoms with E-state index in [0.717, 1.165) is 31.4 Å². The maximum atomic E-state index is 14.7. The number of hydrogen-bond donors (Lipinski definition) is 0. The van der Waals surface area contributed by atoms with Crippen molar-refractivity contribution in [1.82, 2.24) is 14.3 Å². The fourth-order valence-corrected chi connectivity index (χ4v) is 5.19. The number of hydrogen-bond acceptors (Lipinski definition) is 4. The number of fused-ring (bicyclic) bond motifs is 3. The maximum Gasteiger partial charge on any atom is 0.277 e. The summed E-state index contributed by atoms with van der Waals surface area (Å²) in [5.41, 5.74) is 2.33. The maximum absolute atomic E-state index is 14.7. The van der Waals surface area contributed by atoms with Gasteiger partial charge in [0.25, 0.3) is 5.91 Å². The molecule has 2 aliphatic rings. The van der Waals surface area contributed by atoms with E-state index >= 15 is 0 Å². The molecule has 5 nitrogen and oxygen atoms in total. The van der Waals surface area contributed by atoms with Gasteiger partial charge in [0.15, 0.2) is 5.69 Å². The third kappa shape index (κ3) is 2.60. The number of halogens is 1. The standard InChI is InChI=1S/C20H20FN3O2S/c1-13-2-7-24-16(12-13)22-17(18(24)21)19(25)23-8-5-20(6-9-23)14-4-11-27-15(14)3-10-26-20/h2,4,7,11-12H,3,5-6,8-10H2,1H3. The molecule has 3 aromatic heterocycles. The summed E-state index contributed by atoms with van der Waals surface area (Å²) in [5.74, 6) is -0.936. The van der Waals surface area contributed by atoms with Gasteiger partial charge in [0, 0.05) is 30.6 Å². The van der Waals surface area contributed by atoms with Gasteiger partial charge in [-0.3, -0.25) is 9.20 Å². The first kappa shape index (κ1) is 16.9. The summed E-state index contributed by atoms with van der Waals surface area (Å²) in [5, 5.41) is 2.12. The summed E-state index contributed by atoms with van der Waals surface area (Å²) in [6.07, 6.45) is 4.04. The van der Waals surface area contributed by atoms with Crippen molar-refractivity contribution in [3.63, 3.8) is 0 Å². The van der Waals surface area contributed by atoms with Gasteiger partial charge in [-0.15, -0.1) is 11.3 Å². The van der Waals surface area contributed by atoms with E-state index in [0.29, 0.717) is 18.7 Å². The third-order valence-electron chi connectivity index (χ3n) is 5.73. The molecule has 0 N–H and O–H groups in total. The first-order valence-corrected chi connectivity index (χ1v) is 10.1. The Morgan fingerprint density at radius 3 is 2.96 bits per heavy atom. The van der Waals surface area contributed by atoms with Gasteiger partial charge in [0.05, 0.1) is 12.2 Å². The van der Waals surface area contributed by atoms with E-state index in [4.69, 9.17) is 4.74 Å². The quantitative estimate of drug-likeness (QED) is 0.644. The van der Waals surface area contributed by atoms with Gasteiger partial charge in [0.2, 0.25) is 5.95 Å². The van der Waals surface area contributed by atoms with Gasteiger partial charge in [-0.2, -0.15) is 4.39 Å². The van der Waals surface area contributed by atoms with Gasteiger partial charge in [-0.1, -0.05) is 0 Å². The SMILES string of the molecule is Cc1ccn2c(F)c(C(=O)N3CCC4(CC3)OCCc3sccc34)nc2c1. The number of amides is 1. The van der Waals surface area contributed by atoms with E-state index in [1.165, 1.54) is 14.8 Å². The van der Waals surface area contributed by atoms with Gasteiger partial charge in [-0.05, 0) is 54.5 Å². The Labute approximate surface area is 160 Å². The number of nitrogens with zero attached hydrogens (tertiary/aromatic N) is 3. The van der Waals surface area contributed by atoms with E-state index in [9.17, 15) is 9.18 Å². The van der Waals surface area contributed by atoms with Crippen molar-refractivity contribution in [1.29, 1.82) is 0 Å². The van der Waals surface area contributed by atoms with Crippen molar-refractivity contribution < 1.29 is 13.9 Å². The van der Waals surface area contributed by atoms with E-state index in [-0.39, 0.29) is 17.2 Å². The zero-order valence-electron chi connectivity index (χ0n) is 15.1. The molecule has 0 bridgehead atoms. The molecule has 5 heterocycles. The Morgan fingerprint density at radius 2 is 2.15 bits per heavy atom. The van der Waals surface area contributed by atoms with Gasteiger partial charge >= 0.3 is 0 Å². The topological polar surface area (TPSA) is 46.8 Å². The summed E-state index contributed by atoms with van der Waals surface area (Å²) in [6, 6.07) is 5.73. The number of thiophene rings is 1. The lowest BCUT2D eigenvalue weighted by Crippen LogP contribution is -2.48. The highest BCUT2D eigenvalue weighted by Gasteiger charge is 2.42. The lowest BCUT2D eigenvalue weighted by molar-refractivity contribution is -0.0927. The predicted octanol–water partition coefficient (Wildman–Crippen LogP) is 3.55. The fourth-order valence-electron chi connectivity index (χ4n) is 4.24. The van der Waals surface area contributed by atoms with E-state index in [1.807, 2.05) is 6.92 Å². The molecule has 1 saturated heterocycles. The summed E-state index contributed by atoms with van der Waals surface area (Å²) >= 11 is 1.78. The molecule has 0 saturated carbocycles. The Bertz CT molecular complexity index is 1030. The number of carbonyl (C=O) groups is 1. The number of ether oxygens (including phenoxy) is 1. The van der Waals surface area contributed by atoms with E-state index < -0.39 is 5.95 Å². The van der Waals surface area contributed by atoms with Crippen molar-refractivity contribution in [3.05, 3.63) is 57.4 Å². The first-order valence-electron chi connectivity index (χ1n) is 9.22. The minimum absolute atomic E-state index is 0.0997. The van der Waals surface area contributed by atoms with Crippen LogP contribution in [0.3, 0.4) is 0 Å².